The summed E-state index contributed by atoms with van der Waals surface area (Å²) in [6.07, 6.45) is 0. The van der Waals surface area contributed by atoms with E-state index in [4.69, 9.17) is 14.2 Å². The van der Waals surface area contributed by atoms with Crippen molar-refractivity contribution in [2.24, 2.45) is 0 Å². The number of ketones is 1. The predicted molar refractivity (Wildman–Crippen MR) is 132 cm³/mol. The van der Waals surface area contributed by atoms with Crippen molar-refractivity contribution in [3.63, 3.8) is 0 Å². The van der Waals surface area contributed by atoms with Gasteiger partial charge in [-0.1, -0.05) is 30.3 Å². The smallest absolute Gasteiger partial charge is 0.335 e. The topological polar surface area (TPSA) is 123 Å². The molecular formula is C28H23NO8. The standard InChI is InChI=1S/C28H23NO8/c1-35-20-5-3-2-4-19(20)24-23(25(30)18-10-11-21-22(14-18)37-13-12-36-21)26(31)27(32)29(24)15-16-6-8-17(9-7-16)28(33)34/h2-11,14,24,30H,12-13,15H2,1H3,(H,33,34)/b25-23+. The van der Waals surface area contributed by atoms with Gasteiger partial charge in [0.1, 0.15) is 24.7 Å². The Morgan fingerprint density at radius 2 is 1.62 bits per heavy atom. The van der Waals surface area contributed by atoms with Crippen LogP contribution in [0, 0.1) is 0 Å². The van der Waals surface area contributed by atoms with E-state index >= 15 is 0 Å². The fourth-order valence-electron chi connectivity index (χ4n) is 4.55. The summed E-state index contributed by atoms with van der Waals surface area (Å²) in [5.74, 6) is -1.67. The van der Waals surface area contributed by atoms with Crippen LogP contribution < -0.4 is 14.2 Å². The maximum Gasteiger partial charge on any atom is 0.335 e. The molecule has 5 rings (SSSR count). The minimum Gasteiger partial charge on any atom is -0.507 e. The molecule has 0 aliphatic carbocycles. The number of para-hydroxylation sites is 1. The van der Waals surface area contributed by atoms with E-state index in [-0.39, 0.29) is 23.4 Å². The Balaban J connectivity index is 1.62. The molecule has 1 fully saturated rings. The Morgan fingerprint density at radius 3 is 2.32 bits per heavy atom. The molecule has 1 unspecified atom stereocenters. The van der Waals surface area contributed by atoms with Crippen LogP contribution in [0.2, 0.25) is 0 Å². The van der Waals surface area contributed by atoms with Gasteiger partial charge in [-0.05, 0) is 42.0 Å². The van der Waals surface area contributed by atoms with Gasteiger partial charge in [-0.15, -0.1) is 0 Å². The molecule has 2 aliphatic heterocycles. The van der Waals surface area contributed by atoms with E-state index in [0.29, 0.717) is 47.2 Å². The number of methoxy groups -OCH3 is 1. The Kier molecular flexibility index (Phi) is 6.27. The molecule has 9 heteroatoms. The summed E-state index contributed by atoms with van der Waals surface area (Å²) in [4.78, 5) is 39.2. The van der Waals surface area contributed by atoms with E-state index in [9.17, 15) is 24.6 Å². The van der Waals surface area contributed by atoms with Gasteiger partial charge in [0.05, 0.1) is 24.3 Å². The summed E-state index contributed by atoms with van der Waals surface area (Å²) in [6.45, 7) is 0.763. The van der Waals surface area contributed by atoms with Crippen molar-refractivity contribution < 1.29 is 38.8 Å². The van der Waals surface area contributed by atoms with Crippen LogP contribution in [-0.2, 0) is 16.1 Å². The summed E-state index contributed by atoms with van der Waals surface area (Å²) in [7, 11) is 1.48. The number of aliphatic hydroxyl groups is 1. The van der Waals surface area contributed by atoms with Gasteiger partial charge in [-0.2, -0.15) is 0 Å². The Hall–Kier alpha value is -4.79. The number of hydrogen-bond donors (Lipinski definition) is 2. The number of Topliss-reactive ketones (excluding diaryl/α,β-unsaturated/α-hetero) is 1. The molecule has 1 saturated heterocycles. The zero-order valence-corrected chi connectivity index (χ0v) is 19.8. The van der Waals surface area contributed by atoms with Crippen molar-refractivity contribution in [2.45, 2.75) is 12.6 Å². The first-order chi connectivity index (χ1) is 17.9. The average molecular weight is 501 g/mol. The second kappa shape index (κ2) is 9.69. The lowest BCUT2D eigenvalue weighted by Crippen LogP contribution is -2.29. The predicted octanol–water partition coefficient (Wildman–Crippen LogP) is 3.79. The second-order valence-corrected chi connectivity index (χ2v) is 8.53. The lowest BCUT2D eigenvalue weighted by molar-refractivity contribution is -0.140. The number of carbonyl (C=O) groups excluding carboxylic acids is 2. The zero-order valence-electron chi connectivity index (χ0n) is 19.8. The molecule has 0 radical (unpaired) electrons. The summed E-state index contributed by atoms with van der Waals surface area (Å²) >= 11 is 0. The van der Waals surface area contributed by atoms with Crippen LogP contribution in [-0.4, -0.2) is 53.1 Å². The van der Waals surface area contributed by atoms with Crippen molar-refractivity contribution in [3.05, 3.63) is 94.6 Å². The van der Waals surface area contributed by atoms with Gasteiger partial charge >= 0.3 is 5.97 Å². The number of carboxylic acid groups (broad SMARTS) is 1. The first-order valence-corrected chi connectivity index (χ1v) is 11.5. The van der Waals surface area contributed by atoms with Crippen molar-refractivity contribution in [1.29, 1.82) is 0 Å². The van der Waals surface area contributed by atoms with E-state index < -0.39 is 23.7 Å². The fourth-order valence-corrected chi connectivity index (χ4v) is 4.55. The molecule has 0 spiro atoms. The monoisotopic (exact) mass is 501 g/mol. The highest BCUT2D eigenvalue weighted by Gasteiger charge is 2.47. The first-order valence-electron chi connectivity index (χ1n) is 11.5. The number of rotatable bonds is 6. The van der Waals surface area contributed by atoms with Gasteiger partial charge < -0.3 is 29.3 Å². The van der Waals surface area contributed by atoms with E-state index in [0.717, 1.165) is 0 Å². The number of aromatic carboxylic acids is 1. The van der Waals surface area contributed by atoms with Crippen LogP contribution in [0.25, 0.3) is 5.76 Å². The maximum atomic E-state index is 13.4. The van der Waals surface area contributed by atoms with E-state index in [1.165, 1.54) is 24.1 Å². The fraction of sp³-hybridized carbons (Fsp3) is 0.179. The molecule has 37 heavy (non-hydrogen) atoms. The van der Waals surface area contributed by atoms with Crippen LogP contribution in [0.15, 0.2) is 72.3 Å². The van der Waals surface area contributed by atoms with Gasteiger partial charge in [0.2, 0.25) is 0 Å². The van der Waals surface area contributed by atoms with E-state index in [1.54, 1.807) is 54.6 Å². The molecule has 188 valence electrons. The molecule has 1 amide bonds. The number of hydrogen-bond acceptors (Lipinski definition) is 7. The van der Waals surface area contributed by atoms with Crippen LogP contribution in [0.4, 0.5) is 0 Å². The van der Waals surface area contributed by atoms with Crippen LogP contribution in [0.1, 0.15) is 33.1 Å². The Morgan fingerprint density at radius 1 is 0.946 bits per heavy atom. The summed E-state index contributed by atoms with van der Waals surface area (Å²) in [5, 5.41) is 20.6. The number of likely N-dealkylation sites (tertiary alicyclic amines) is 1. The molecular weight excluding hydrogens is 478 g/mol. The van der Waals surface area contributed by atoms with Gasteiger partial charge in [-0.25, -0.2) is 4.79 Å². The van der Waals surface area contributed by atoms with Crippen molar-refractivity contribution in [3.8, 4) is 17.2 Å². The normalized spacial score (nSPS) is 18.1. The average Bonchev–Trinajstić information content (AvgIpc) is 3.17. The SMILES string of the molecule is COc1ccccc1C1/C(=C(\O)c2ccc3c(c2)OCCO3)C(=O)C(=O)N1Cc1ccc(C(=O)O)cc1. The zero-order chi connectivity index (χ0) is 26.1. The van der Waals surface area contributed by atoms with Gasteiger partial charge in [-0.3, -0.25) is 9.59 Å². The minimum absolute atomic E-state index is 0.00507. The lowest BCUT2D eigenvalue weighted by Gasteiger charge is -2.27. The molecule has 3 aromatic carbocycles. The third kappa shape index (κ3) is 4.35. The molecule has 2 N–H and O–H groups in total. The highest BCUT2D eigenvalue weighted by molar-refractivity contribution is 6.46. The van der Waals surface area contributed by atoms with Crippen molar-refractivity contribution in [1.82, 2.24) is 4.90 Å². The molecule has 2 heterocycles. The highest BCUT2D eigenvalue weighted by atomic mass is 16.6. The molecule has 2 aliphatic rings. The molecule has 0 bridgehead atoms. The highest BCUT2D eigenvalue weighted by Crippen LogP contribution is 2.44. The largest absolute Gasteiger partial charge is 0.507 e. The molecule has 0 aromatic heterocycles. The Labute approximate surface area is 212 Å². The van der Waals surface area contributed by atoms with Gasteiger partial charge in [0.25, 0.3) is 11.7 Å². The third-order valence-electron chi connectivity index (χ3n) is 6.34. The number of ether oxygens (including phenoxy) is 3. The lowest BCUT2D eigenvalue weighted by atomic mass is 9.94. The summed E-state index contributed by atoms with van der Waals surface area (Å²) in [5.41, 5.74) is 1.45. The molecule has 3 aromatic rings. The first kappa shape index (κ1) is 23.9. The van der Waals surface area contributed by atoms with Crippen molar-refractivity contribution in [2.75, 3.05) is 20.3 Å². The van der Waals surface area contributed by atoms with Crippen LogP contribution in [0.3, 0.4) is 0 Å². The molecule has 1 atom stereocenters. The van der Waals surface area contributed by atoms with Gasteiger partial charge in [0, 0.05) is 17.7 Å². The second-order valence-electron chi connectivity index (χ2n) is 8.53. The van der Waals surface area contributed by atoms with Gasteiger partial charge in [0.15, 0.2) is 11.5 Å². The quantitative estimate of drug-likeness (QED) is 0.297. The molecule has 9 nitrogen and oxygen atoms in total. The number of aliphatic hydroxyl groups excluding tert-OH is 1. The van der Waals surface area contributed by atoms with Crippen LogP contribution >= 0.6 is 0 Å². The Bertz CT molecular complexity index is 1430. The van der Waals surface area contributed by atoms with E-state index in [1.807, 2.05) is 0 Å². The third-order valence-corrected chi connectivity index (χ3v) is 6.34. The number of carboxylic acids is 1. The van der Waals surface area contributed by atoms with Crippen LogP contribution in [0.5, 0.6) is 17.2 Å². The number of nitrogens with zero attached hydrogens (tertiary/aromatic N) is 1. The number of fused-ring (bicyclic) bond motifs is 1. The number of amides is 1. The number of carbonyl (C=O) groups is 3. The maximum absolute atomic E-state index is 13.4. The van der Waals surface area contributed by atoms with E-state index in [2.05, 4.69) is 0 Å². The number of benzene rings is 3. The molecule has 0 saturated carbocycles. The van der Waals surface area contributed by atoms with Crippen molar-refractivity contribution >= 4 is 23.4 Å². The minimum atomic E-state index is -1.07. The summed E-state index contributed by atoms with van der Waals surface area (Å²) in [6, 6.07) is 16.8. The summed E-state index contributed by atoms with van der Waals surface area (Å²) < 4.78 is 16.7.